The number of hydrogen-bond acceptors (Lipinski definition) is 4. The quantitative estimate of drug-likeness (QED) is 0.905. The third kappa shape index (κ3) is 4.18. The van der Waals surface area contributed by atoms with Gasteiger partial charge < -0.3 is 10.1 Å². The van der Waals surface area contributed by atoms with Crippen molar-refractivity contribution < 1.29 is 14.3 Å². The molecule has 1 atom stereocenters. The van der Waals surface area contributed by atoms with Gasteiger partial charge in [-0.2, -0.15) is 0 Å². The number of aryl methyl sites for hydroxylation is 1. The zero-order chi connectivity index (χ0) is 15.6. The number of pyridine rings is 1. The molecule has 0 aliphatic carbocycles. The zero-order valence-corrected chi connectivity index (χ0v) is 12.8. The first-order valence-electron chi connectivity index (χ1n) is 6.97. The van der Waals surface area contributed by atoms with Gasteiger partial charge in [0, 0.05) is 19.2 Å². The lowest BCUT2D eigenvalue weighted by atomic mass is 10.2. The number of amides is 2. The molecule has 0 aromatic carbocycles. The van der Waals surface area contributed by atoms with Crippen molar-refractivity contribution in [2.75, 3.05) is 11.4 Å². The van der Waals surface area contributed by atoms with E-state index in [9.17, 15) is 9.59 Å². The molecule has 1 aromatic heterocycles. The fourth-order valence-corrected chi connectivity index (χ4v) is 2.12. The van der Waals surface area contributed by atoms with Crippen LogP contribution in [0.2, 0.25) is 0 Å². The summed E-state index contributed by atoms with van der Waals surface area (Å²) in [6.07, 6.45) is 1.48. The lowest BCUT2D eigenvalue weighted by molar-refractivity contribution is -0.117. The van der Waals surface area contributed by atoms with Gasteiger partial charge in [0.1, 0.15) is 11.4 Å². The Labute approximate surface area is 124 Å². The monoisotopic (exact) mass is 291 g/mol. The number of carbonyl (C=O) groups excluding carboxylic acids is 2. The Kier molecular flexibility index (Phi) is 4.16. The number of nitrogens with zero attached hydrogens (tertiary/aromatic N) is 2. The Hall–Kier alpha value is -2.11. The topological polar surface area (TPSA) is 71.5 Å². The highest BCUT2D eigenvalue weighted by Gasteiger charge is 2.33. The normalized spacial score (nSPS) is 18.8. The number of alkyl carbamates (subject to hydrolysis) is 1. The van der Waals surface area contributed by atoms with Crippen molar-refractivity contribution in [3.8, 4) is 0 Å². The van der Waals surface area contributed by atoms with Crippen molar-refractivity contribution >= 4 is 17.8 Å². The molecule has 0 unspecified atom stereocenters. The van der Waals surface area contributed by atoms with Crippen LogP contribution in [0.15, 0.2) is 18.3 Å². The molecule has 0 saturated carbocycles. The molecular weight excluding hydrogens is 270 g/mol. The van der Waals surface area contributed by atoms with Crippen LogP contribution in [-0.2, 0) is 9.53 Å². The molecule has 114 valence electrons. The van der Waals surface area contributed by atoms with Crippen LogP contribution in [0.5, 0.6) is 0 Å². The van der Waals surface area contributed by atoms with Crippen molar-refractivity contribution in [1.82, 2.24) is 10.3 Å². The van der Waals surface area contributed by atoms with Gasteiger partial charge in [0.25, 0.3) is 0 Å². The number of hydrogen-bond donors (Lipinski definition) is 1. The van der Waals surface area contributed by atoms with E-state index in [4.69, 9.17) is 4.74 Å². The smallest absolute Gasteiger partial charge is 0.407 e. The van der Waals surface area contributed by atoms with Crippen LogP contribution in [-0.4, -0.2) is 35.2 Å². The number of carbonyl (C=O) groups is 2. The molecule has 1 saturated heterocycles. The summed E-state index contributed by atoms with van der Waals surface area (Å²) in [5, 5.41) is 2.73. The summed E-state index contributed by atoms with van der Waals surface area (Å²) in [5.41, 5.74) is 0.485. The van der Waals surface area contributed by atoms with Crippen LogP contribution in [0.4, 0.5) is 10.6 Å². The summed E-state index contributed by atoms with van der Waals surface area (Å²) >= 11 is 0. The zero-order valence-electron chi connectivity index (χ0n) is 12.8. The molecule has 0 radical (unpaired) electrons. The molecule has 1 N–H and O–H groups in total. The number of ether oxygens (including phenoxy) is 1. The average Bonchev–Trinajstić information content (AvgIpc) is 2.68. The SMILES string of the molecule is Cc1ccc(N2C[C@@H](NC(=O)OC(C)(C)C)CC2=O)nc1. The molecule has 2 amide bonds. The number of aromatic nitrogens is 1. The van der Waals surface area contributed by atoms with Crippen LogP contribution in [0.25, 0.3) is 0 Å². The maximum absolute atomic E-state index is 12.0. The van der Waals surface area contributed by atoms with Gasteiger partial charge in [-0.15, -0.1) is 0 Å². The summed E-state index contributed by atoms with van der Waals surface area (Å²) in [7, 11) is 0. The fraction of sp³-hybridized carbons (Fsp3) is 0.533. The van der Waals surface area contributed by atoms with Crippen LogP contribution in [0, 0.1) is 6.92 Å². The second kappa shape index (κ2) is 5.71. The molecule has 0 bridgehead atoms. The van der Waals surface area contributed by atoms with E-state index in [2.05, 4.69) is 10.3 Å². The van der Waals surface area contributed by atoms with E-state index < -0.39 is 11.7 Å². The van der Waals surface area contributed by atoms with Crippen LogP contribution in [0.1, 0.15) is 32.8 Å². The highest BCUT2D eigenvalue weighted by molar-refractivity contribution is 5.95. The summed E-state index contributed by atoms with van der Waals surface area (Å²) in [5.74, 6) is 0.562. The minimum Gasteiger partial charge on any atom is -0.444 e. The third-order valence-corrected chi connectivity index (χ3v) is 3.02. The lowest BCUT2D eigenvalue weighted by Crippen LogP contribution is -2.40. The van der Waals surface area contributed by atoms with Gasteiger partial charge in [0.2, 0.25) is 5.91 Å². The van der Waals surface area contributed by atoms with E-state index in [1.54, 1.807) is 31.9 Å². The minimum absolute atomic E-state index is 0.0487. The van der Waals surface area contributed by atoms with Crippen LogP contribution >= 0.6 is 0 Å². The third-order valence-electron chi connectivity index (χ3n) is 3.02. The maximum atomic E-state index is 12.0. The summed E-state index contributed by atoms with van der Waals surface area (Å²) in [6, 6.07) is 3.46. The molecule has 1 aromatic rings. The first kappa shape index (κ1) is 15.3. The van der Waals surface area contributed by atoms with Crippen molar-refractivity contribution in [2.24, 2.45) is 0 Å². The Morgan fingerprint density at radius 2 is 2.14 bits per heavy atom. The van der Waals surface area contributed by atoms with Crippen molar-refractivity contribution in [3.63, 3.8) is 0 Å². The molecule has 2 rings (SSSR count). The number of nitrogens with one attached hydrogen (secondary N) is 1. The van der Waals surface area contributed by atoms with E-state index in [0.717, 1.165) is 5.56 Å². The number of rotatable bonds is 2. The van der Waals surface area contributed by atoms with E-state index in [-0.39, 0.29) is 18.4 Å². The van der Waals surface area contributed by atoms with Gasteiger partial charge in [-0.1, -0.05) is 6.07 Å². The largest absolute Gasteiger partial charge is 0.444 e. The van der Waals surface area contributed by atoms with Crippen molar-refractivity contribution in [2.45, 2.75) is 45.8 Å². The van der Waals surface area contributed by atoms with Gasteiger partial charge in [0.15, 0.2) is 0 Å². The number of anilines is 1. The minimum atomic E-state index is -0.551. The predicted molar refractivity (Wildman–Crippen MR) is 79.1 cm³/mol. The molecule has 0 spiro atoms. The van der Waals surface area contributed by atoms with E-state index in [0.29, 0.717) is 12.4 Å². The molecule has 6 nitrogen and oxygen atoms in total. The first-order chi connectivity index (χ1) is 9.74. The fourth-order valence-electron chi connectivity index (χ4n) is 2.12. The second-order valence-electron chi connectivity index (χ2n) is 6.25. The van der Waals surface area contributed by atoms with Gasteiger partial charge >= 0.3 is 6.09 Å². The standard InChI is InChI=1S/C15H21N3O3/c1-10-5-6-12(16-8-10)18-9-11(7-13(18)19)17-14(20)21-15(2,3)4/h5-6,8,11H,7,9H2,1-4H3,(H,17,20)/t11-/m0/s1. The van der Waals surface area contributed by atoms with E-state index in [1.807, 2.05) is 19.1 Å². The molecule has 6 heteroatoms. The highest BCUT2D eigenvalue weighted by atomic mass is 16.6. The van der Waals surface area contributed by atoms with Gasteiger partial charge in [-0.25, -0.2) is 9.78 Å². The Morgan fingerprint density at radius 3 is 2.71 bits per heavy atom. The van der Waals surface area contributed by atoms with E-state index >= 15 is 0 Å². The Balaban J connectivity index is 1.96. The van der Waals surface area contributed by atoms with E-state index in [1.165, 1.54) is 0 Å². The Bertz CT molecular complexity index is 534. The lowest BCUT2D eigenvalue weighted by Gasteiger charge is -2.21. The maximum Gasteiger partial charge on any atom is 0.407 e. The average molecular weight is 291 g/mol. The molecule has 21 heavy (non-hydrogen) atoms. The summed E-state index contributed by atoms with van der Waals surface area (Å²) in [6.45, 7) is 7.75. The molecular formula is C15H21N3O3. The summed E-state index contributed by atoms with van der Waals surface area (Å²) < 4.78 is 5.20. The van der Waals surface area contributed by atoms with Gasteiger partial charge in [-0.3, -0.25) is 9.69 Å². The molecule has 1 aliphatic rings. The Morgan fingerprint density at radius 1 is 1.43 bits per heavy atom. The van der Waals surface area contributed by atoms with Crippen molar-refractivity contribution in [3.05, 3.63) is 23.9 Å². The molecule has 1 fully saturated rings. The predicted octanol–water partition coefficient (Wildman–Crippen LogP) is 2.02. The highest BCUT2D eigenvalue weighted by Crippen LogP contribution is 2.20. The van der Waals surface area contributed by atoms with Gasteiger partial charge in [-0.05, 0) is 39.3 Å². The van der Waals surface area contributed by atoms with Crippen LogP contribution < -0.4 is 10.2 Å². The molecule has 1 aliphatic heterocycles. The van der Waals surface area contributed by atoms with Crippen molar-refractivity contribution in [1.29, 1.82) is 0 Å². The second-order valence-corrected chi connectivity index (χ2v) is 6.25. The first-order valence-corrected chi connectivity index (χ1v) is 6.97. The molecule has 2 heterocycles. The van der Waals surface area contributed by atoms with Gasteiger partial charge in [0.05, 0.1) is 6.04 Å². The summed E-state index contributed by atoms with van der Waals surface area (Å²) in [4.78, 5) is 29.6. The van der Waals surface area contributed by atoms with Crippen LogP contribution in [0.3, 0.4) is 0 Å².